The van der Waals surface area contributed by atoms with E-state index in [4.69, 9.17) is 11.6 Å². The Morgan fingerprint density at radius 2 is 2.06 bits per heavy atom. The van der Waals surface area contributed by atoms with Crippen LogP contribution in [-0.2, 0) is 6.54 Å². The number of H-pyrrole nitrogens is 1. The summed E-state index contributed by atoms with van der Waals surface area (Å²) in [5.74, 6) is 0.678. The molecular formula is C13H17ClN2. The van der Waals surface area contributed by atoms with Crippen molar-refractivity contribution in [2.45, 2.75) is 13.5 Å². The van der Waals surface area contributed by atoms with Crippen LogP contribution < -0.4 is 0 Å². The lowest BCUT2D eigenvalue weighted by atomic mass is 10.1. The molecule has 0 aliphatic rings. The van der Waals surface area contributed by atoms with Crippen molar-refractivity contribution in [3.63, 3.8) is 0 Å². The van der Waals surface area contributed by atoms with Crippen LogP contribution in [0.1, 0.15) is 11.3 Å². The summed E-state index contributed by atoms with van der Waals surface area (Å²) in [6.07, 6.45) is 0. The van der Waals surface area contributed by atoms with Gasteiger partial charge in [-0.25, -0.2) is 0 Å². The first kappa shape index (κ1) is 11.5. The molecule has 2 nitrogen and oxygen atoms in total. The maximum absolute atomic E-state index is 5.75. The molecule has 0 spiro atoms. The first-order chi connectivity index (χ1) is 7.72. The third kappa shape index (κ3) is 2.23. The lowest BCUT2D eigenvalue weighted by molar-refractivity contribution is 0.348. The molecule has 0 bridgehead atoms. The van der Waals surface area contributed by atoms with Gasteiger partial charge in [0, 0.05) is 35.6 Å². The average molecular weight is 237 g/mol. The molecule has 0 aliphatic heterocycles. The van der Waals surface area contributed by atoms with Crippen molar-refractivity contribution in [1.82, 2.24) is 9.88 Å². The average Bonchev–Trinajstić information content (AvgIpc) is 2.56. The molecule has 2 aromatic rings. The van der Waals surface area contributed by atoms with Gasteiger partial charge in [0.05, 0.1) is 0 Å². The molecule has 1 aromatic heterocycles. The predicted molar refractivity (Wildman–Crippen MR) is 70.1 cm³/mol. The predicted octanol–water partition coefficient (Wildman–Crippen LogP) is 3.15. The first-order valence-electron chi connectivity index (χ1n) is 5.53. The third-order valence-electron chi connectivity index (χ3n) is 2.92. The van der Waals surface area contributed by atoms with Crippen LogP contribution >= 0.6 is 11.6 Å². The number of nitrogens with zero attached hydrogens (tertiary/aromatic N) is 1. The summed E-state index contributed by atoms with van der Waals surface area (Å²) in [5, 5.41) is 1.32. The molecule has 3 heteroatoms. The number of fused-ring (bicyclic) bond motifs is 1. The Bertz CT molecular complexity index is 476. The minimum Gasteiger partial charge on any atom is -0.358 e. The molecule has 0 saturated carbocycles. The number of aryl methyl sites for hydroxylation is 1. The van der Waals surface area contributed by atoms with E-state index in [9.17, 15) is 0 Å². The van der Waals surface area contributed by atoms with E-state index in [0.29, 0.717) is 5.88 Å². The summed E-state index contributed by atoms with van der Waals surface area (Å²) in [5.41, 5.74) is 3.85. The molecule has 0 saturated heterocycles. The van der Waals surface area contributed by atoms with Gasteiger partial charge in [0.25, 0.3) is 0 Å². The van der Waals surface area contributed by atoms with Gasteiger partial charge in [0.2, 0.25) is 0 Å². The van der Waals surface area contributed by atoms with E-state index in [2.05, 4.69) is 48.1 Å². The summed E-state index contributed by atoms with van der Waals surface area (Å²) in [7, 11) is 2.10. The second kappa shape index (κ2) is 4.89. The van der Waals surface area contributed by atoms with Crippen molar-refractivity contribution < 1.29 is 0 Å². The van der Waals surface area contributed by atoms with E-state index in [1.165, 1.54) is 22.2 Å². The van der Waals surface area contributed by atoms with Gasteiger partial charge < -0.3 is 9.88 Å². The number of rotatable bonds is 4. The van der Waals surface area contributed by atoms with Gasteiger partial charge in [-0.3, -0.25) is 0 Å². The van der Waals surface area contributed by atoms with E-state index in [-0.39, 0.29) is 0 Å². The summed E-state index contributed by atoms with van der Waals surface area (Å²) in [6.45, 7) is 3.99. The Balaban J connectivity index is 2.32. The molecule has 1 aromatic carbocycles. The number of benzene rings is 1. The minimum absolute atomic E-state index is 0.678. The Morgan fingerprint density at radius 3 is 2.81 bits per heavy atom. The van der Waals surface area contributed by atoms with Crippen molar-refractivity contribution in [3.05, 3.63) is 35.5 Å². The molecule has 1 heterocycles. The lowest BCUT2D eigenvalue weighted by Gasteiger charge is -2.14. The van der Waals surface area contributed by atoms with E-state index in [1.54, 1.807) is 0 Å². The number of halogens is 1. The highest BCUT2D eigenvalue weighted by atomic mass is 35.5. The molecule has 86 valence electrons. The Hall–Kier alpha value is -0.990. The van der Waals surface area contributed by atoms with Crippen LogP contribution in [0.5, 0.6) is 0 Å². The zero-order chi connectivity index (χ0) is 11.5. The Morgan fingerprint density at radius 1 is 1.31 bits per heavy atom. The van der Waals surface area contributed by atoms with Gasteiger partial charge in [0.1, 0.15) is 0 Å². The van der Waals surface area contributed by atoms with E-state index < -0.39 is 0 Å². The van der Waals surface area contributed by atoms with Crippen LogP contribution in [0.15, 0.2) is 24.3 Å². The van der Waals surface area contributed by atoms with Crippen molar-refractivity contribution in [1.29, 1.82) is 0 Å². The van der Waals surface area contributed by atoms with Crippen molar-refractivity contribution in [2.75, 3.05) is 19.5 Å². The fourth-order valence-electron chi connectivity index (χ4n) is 2.03. The Labute approximate surface area is 101 Å². The van der Waals surface area contributed by atoms with Gasteiger partial charge in [-0.15, -0.1) is 11.6 Å². The number of hydrogen-bond acceptors (Lipinski definition) is 1. The summed E-state index contributed by atoms with van der Waals surface area (Å²) >= 11 is 5.75. The maximum atomic E-state index is 5.75. The number of alkyl halides is 1. The van der Waals surface area contributed by atoms with Crippen LogP contribution in [-0.4, -0.2) is 29.4 Å². The van der Waals surface area contributed by atoms with Crippen LogP contribution in [0, 0.1) is 6.92 Å². The van der Waals surface area contributed by atoms with Crippen LogP contribution in [0.4, 0.5) is 0 Å². The number of nitrogens with one attached hydrogen (secondary N) is 1. The smallest absolute Gasteiger partial charge is 0.0459 e. The van der Waals surface area contributed by atoms with Crippen molar-refractivity contribution >= 4 is 22.5 Å². The highest BCUT2D eigenvalue weighted by Crippen LogP contribution is 2.22. The van der Waals surface area contributed by atoms with Crippen molar-refractivity contribution in [3.8, 4) is 0 Å². The van der Waals surface area contributed by atoms with E-state index in [0.717, 1.165) is 13.1 Å². The molecule has 2 rings (SSSR count). The lowest BCUT2D eigenvalue weighted by Crippen LogP contribution is -2.20. The van der Waals surface area contributed by atoms with Gasteiger partial charge in [0.15, 0.2) is 0 Å². The van der Waals surface area contributed by atoms with Gasteiger partial charge in [-0.05, 0) is 25.6 Å². The monoisotopic (exact) mass is 236 g/mol. The highest BCUT2D eigenvalue weighted by Gasteiger charge is 2.09. The standard InChI is InChI=1S/C13H17ClN2/c1-10-12(9-16(2)8-7-14)11-5-3-4-6-13(11)15-10/h3-6,15H,7-9H2,1-2H3. The molecular weight excluding hydrogens is 220 g/mol. The molecule has 1 N–H and O–H groups in total. The molecule has 0 aliphatic carbocycles. The fraction of sp³-hybridized carbons (Fsp3) is 0.385. The minimum atomic E-state index is 0.678. The van der Waals surface area contributed by atoms with Gasteiger partial charge in [-0.1, -0.05) is 18.2 Å². The SMILES string of the molecule is Cc1[nH]c2ccccc2c1CN(C)CCCl. The molecule has 16 heavy (non-hydrogen) atoms. The zero-order valence-electron chi connectivity index (χ0n) is 9.76. The first-order valence-corrected chi connectivity index (χ1v) is 6.06. The second-order valence-electron chi connectivity index (χ2n) is 4.20. The fourth-order valence-corrected chi connectivity index (χ4v) is 2.32. The normalized spacial score (nSPS) is 11.5. The summed E-state index contributed by atoms with van der Waals surface area (Å²) < 4.78 is 0. The molecule has 0 amide bonds. The number of aromatic nitrogens is 1. The second-order valence-corrected chi connectivity index (χ2v) is 4.58. The molecule has 0 unspecified atom stereocenters. The number of aromatic amines is 1. The van der Waals surface area contributed by atoms with Crippen molar-refractivity contribution in [2.24, 2.45) is 0 Å². The van der Waals surface area contributed by atoms with Crippen LogP contribution in [0.25, 0.3) is 10.9 Å². The number of para-hydroxylation sites is 1. The summed E-state index contributed by atoms with van der Waals surface area (Å²) in [4.78, 5) is 5.66. The Kier molecular flexibility index (Phi) is 3.52. The molecule has 0 atom stereocenters. The van der Waals surface area contributed by atoms with E-state index >= 15 is 0 Å². The topological polar surface area (TPSA) is 19.0 Å². The largest absolute Gasteiger partial charge is 0.358 e. The third-order valence-corrected chi connectivity index (χ3v) is 3.09. The molecule has 0 fully saturated rings. The van der Waals surface area contributed by atoms with Crippen LogP contribution in [0.2, 0.25) is 0 Å². The molecule has 0 radical (unpaired) electrons. The highest BCUT2D eigenvalue weighted by molar-refractivity contribution is 6.18. The van der Waals surface area contributed by atoms with Gasteiger partial charge >= 0.3 is 0 Å². The quantitative estimate of drug-likeness (QED) is 0.809. The summed E-state index contributed by atoms with van der Waals surface area (Å²) in [6, 6.07) is 8.43. The maximum Gasteiger partial charge on any atom is 0.0459 e. The van der Waals surface area contributed by atoms with E-state index in [1.807, 2.05) is 0 Å². The van der Waals surface area contributed by atoms with Crippen LogP contribution in [0.3, 0.4) is 0 Å². The van der Waals surface area contributed by atoms with Gasteiger partial charge in [-0.2, -0.15) is 0 Å². The number of hydrogen-bond donors (Lipinski definition) is 1. The zero-order valence-corrected chi connectivity index (χ0v) is 10.5.